The minimum Gasteiger partial charge on any atom is -0.477 e. The molecule has 0 aliphatic heterocycles. The van der Waals surface area contributed by atoms with E-state index in [9.17, 15) is 9.90 Å². The molecule has 0 bridgehead atoms. The van der Waals surface area contributed by atoms with E-state index in [4.69, 9.17) is 0 Å². The summed E-state index contributed by atoms with van der Waals surface area (Å²) >= 11 is 0. The number of aryl methyl sites for hydroxylation is 2. The smallest absolute Gasteiger partial charge is 0.352 e. The molecule has 0 saturated carbocycles. The van der Waals surface area contributed by atoms with Crippen LogP contribution in [0.25, 0.3) is 10.9 Å². The van der Waals surface area contributed by atoms with Gasteiger partial charge in [-0.05, 0) is 35.6 Å². The van der Waals surface area contributed by atoms with Gasteiger partial charge in [-0.3, -0.25) is 0 Å². The fraction of sp³-hybridized carbons (Fsp3) is 0.400. The highest BCUT2D eigenvalue weighted by molar-refractivity contribution is 5.98. The van der Waals surface area contributed by atoms with Crippen molar-refractivity contribution in [1.82, 2.24) is 4.57 Å². The number of hydrogen-bond donors (Lipinski definition) is 1. The number of rotatable bonds is 1. The second-order valence-electron chi connectivity index (χ2n) is 5.82. The van der Waals surface area contributed by atoms with Gasteiger partial charge in [-0.2, -0.15) is 0 Å². The Kier molecular flexibility index (Phi) is 2.73. The molecule has 18 heavy (non-hydrogen) atoms. The van der Waals surface area contributed by atoms with Crippen molar-refractivity contribution in [3.63, 3.8) is 0 Å². The Morgan fingerprint density at radius 2 is 1.89 bits per heavy atom. The fourth-order valence-electron chi connectivity index (χ4n) is 2.40. The Labute approximate surface area is 107 Å². The maximum absolute atomic E-state index is 11.3. The van der Waals surface area contributed by atoms with Crippen LogP contribution in [0.1, 0.15) is 42.4 Å². The van der Waals surface area contributed by atoms with Gasteiger partial charge < -0.3 is 9.67 Å². The molecule has 2 aromatic rings. The van der Waals surface area contributed by atoms with Gasteiger partial charge in [-0.25, -0.2) is 4.79 Å². The Hall–Kier alpha value is -1.77. The van der Waals surface area contributed by atoms with Gasteiger partial charge in [0.2, 0.25) is 0 Å². The van der Waals surface area contributed by atoms with E-state index < -0.39 is 5.97 Å². The summed E-state index contributed by atoms with van der Waals surface area (Å²) in [6.45, 7) is 8.35. The molecular formula is C15H19NO2. The van der Waals surface area contributed by atoms with E-state index in [1.807, 2.05) is 13.0 Å². The Bertz CT molecular complexity index is 630. The van der Waals surface area contributed by atoms with Crippen molar-refractivity contribution in [1.29, 1.82) is 0 Å². The van der Waals surface area contributed by atoms with E-state index >= 15 is 0 Å². The summed E-state index contributed by atoms with van der Waals surface area (Å²) in [7, 11) is 1.80. The van der Waals surface area contributed by atoms with Crippen LogP contribution in [0.15, 0.2) is 18.2 Å². The molecule has 1 aromatic carbocycles. The minimum atomic E-state index is -0.872. The molecular weight excluding hydrogens is 226 g/mol. The van der Waals surface area contributed by atoms with Gasteiger partial charge in [0.1, 0.15) is 5.69 Å². The molecule has 0 spiro atoms. The molecule has 3 heteroatoms. The molecule has 0 aliphatic carbocycles. The highest BCUT2D eigenvalue weighted by atomic mass is 16.4. The number of carboxylic acids is 1. The molecule has 0 fully saturated rings. The lowest BCUT2D eigenvalue weighted by molar-refractivity contribution is 0.0686. The average Bonchev–Trinajstić information content (AvgIpc) is 2.50. The van der Waals surface area contributed by atoms with Crippen LogP contribution in [-0.4, -0.2) is 15.6 Å². The molecule has 1 N–H and O–H groups in total. The molecule has 0 saturated heterocycles. The molecule has 0 aliphatic rings. The number of aromatic nitrogens is 1. The van der Waals surface area contributed by atoms with Gasteiger partial charge in [-0.15, -0.1) is 0 Å². The first kappa shape index (κ1) is 12.7. The summed E-state index contributed by atoms with van der Waals surface area (Å²) in [5.74, 6) is -0.872. The molecule has 96 valence electrons. The van der Waals surface area contributed by atoms with E-state index in [0.29, 0.717) is 5.69 Å². The predicted molar refractivity (Wildman–Crippen MR) is 73.3 cm³/mol. The van der Waals surface area contributed by atoms with Crippen LogP contribution in [0.3, 0.4) is 0 Å². The highest BCUT2D eigenvalue weighted by Gasteiger charge is 2.20. The fourth-order valence-corrected chi connectivity index (χ4v) is 2.40. The lowest BCUT2D eigenvalue weighted by atomic mass is 9.86. The Morgan fingerprint density at radius 3 is 2.39 bits per heavy atom. The second-order valence-corrected chi connectivity index (χ2v) is 5.82. The molecule has 2 rings (SSSR count). The molecule has 0 unspecified atom stereocenters. The SMILES string of the molecule is Cc1c(C(=O)O)n(C)c2ccc(C(C)(C)C)cc12. The standard InChI is InChI=1S/C15H19NO2/c1-9-11-8-10(15(2,3)4)6-7-12(11)16(5)13(9)14(17)18/h6-8H,1-5H3,(H,17,18). The predicted octanol–water partition coefficient (Wildman–Crippen LogP) is 3.48. The number of benzene rings is 1. The van der Waals surface area contributed by atoms with Gasteiger partial charge in [-0.1, -0.05) is 26.8 Å². The average molecular weight is 245 g/mol. The van der Waals surface area contributed by atoms with Gasteiger partial charge in [0.05, 0.1) is 0 Å². The first-order chi connectivity index (χ1) is 8.23. The van der Waals surface area contributed by atoms with Crippen LogP contribution in [0.4, 0.5) is 0 Å². The van der Waals surface area contributed by atoms with Crippen molar-refractivity contribution in [2.24, 2.45) is 7.05 Å². The Morgan fingerprint density at radius 1 is 1.28 bits per heavy atom. The number of hydrogen-bond acceptors (Lipinski definition) is 1. The number of aromatic carboxylic acids is 1. The summed E-state index contributed by atoms with van der Waals surface area (Å²) < 4.78 is 1.75. The van der Waals surface area contributed by atoms with Crippen LogP contribution < -0.4 is 0 Å². The number of carbonyl (C=O) groups is 1. The van der Waals surface area contributed by atoms with Crippen LogP contribution in [-0.2, 0) is 12.5 Å². The monoisotopic (exact) mass is 245 g/mol. The van der Waals surface area contributed by atoms with Crippen LogP contribution >= 0.6 is 0 Å². The summed E-state index contributed by atoms with van der Waals surface area (Å²) in [4.78, 5) is 11.3. The lowest BCUT2D eigenvalue weighted by Gasteiger charge is -2.19. The quantitative estimate of drug-likeness (QED) is 0.835. The van der Waals surface area contributed by atoms with Crippen LogP contribution in [0.5, 0.6) is 0 Å². The number of fused-ring (bicyclic) bond motifs is 1. The van der Waals surface area contributed by atoms with Gasteiger partial charge in [0.15, 0.2) is 0 Å². The molecule has 0 radical (unpaired) electrons. The van der Waals surface area contributed by atoms with Crippen molar-refractivity contribution in [2.45, 2.75) is 33.1 Å². The van der Waals surface area contributed by atoms with E-state index in [0.717, 1.165) is 16.5 Å². The van der Waals surface area contributed by atoms with E-state index in [1.165, 1.54) is 5.56 Å². The van der Waals surface area contributed by atoms with Crippen molar-refractivity contribution in [2.75, 3.05) is 0 Å². The zero-order valence-electron chi connectivity index (χ0n) is 11.5. The van der Waals surface area contributed by atoms with E-state index in [2.05, 4.69) is 32.9 Å². The van der Waals surface area contributed by atoms with Gasteiger partial charge in [0, 0.05) is 18.0 Å². The largest absolute Gasteiger partial charge is 0.477 e. The summed E-state index contributed by atoms with van der Waals surface area (Å²) in [6.07, 6.45) is 0. The van der Waals surface area contributed by atoms with Crippen molar-refractivity contribution in [3.8, 4) is 0 Å². The van der Waals surface area contributed by atoms with E-state index in [-0.39, 0.29) is 5.41 Å². The van der Waals surface area contributed by atoms with Crippen molar-refractivity contribution < 1.29 is 9.90 Å². The second kappa shape index (κ2) is 3.87. The third kappa shape index (κ3) is 1.80. The lowest BCUT2D eigenvalue weighted by Crippen LogP contribution is -2.10. The van der Waals surface area contributed by atoms with Gasteiger partial charge >= 0.3 is 5.97 Å². The molecule has 0 amide bonds. The zero-order chi connectivity index (χ0) is 13.7. The van der Waals surface area contributed by atoms with Crippen molar-refractivity contribution in [3.05, 3.63) is 35.0 Å². The molecule has 3 nitrogen and oxygen atoms in total. The maximum atomic E-state index is 11.3. The summed E-state index contributed by atoms with van der Waals surface area (Å²) in [5, 5.41) is 10.3. The molecule has 1 heterocycles. The van der Waals surface area contributed by atoms with Gasteiger partial charge in [0.25, 0.3) is 0 Å². The third-order valence-corrected chi connectivity index (χ3v) is 3.52. The first-order valence-corrected chi connectivity index (χ1v) is 6.06. The molecule has 0 atom stereocenters. The highest BCUT2D eigenvalue weighted by Crippen LogP contribution is 2.30. The Balaban J connectivity index is 2.80. The summed E-state index contributed by atoms with van der Waals surface area (Å²) in [6, 6.07) is 6.19. The van der Waals surface area contributed by atoms with E-state index in [1.54, 1.807) is 11.6 Å². The minimum absolute atomic E-state index is 0.0693. The summed E-state index contributed by atoms with van der Waals surface area (Å²) in [5.41, 5.74) is 3.47. The normalized spacial score (nSPS) is 12.1. The number of nitrogens with zero attached hydrogens (tertiary/aromatic N) is 1. The van der Waals surface area contributed by atoms with Crippen LogP contribution in [0, 0.1) is 6.92 Å². The zero-order valence-corrected chi connectivity index (χ0v) is 11.5. The third-order valence-electron chi connectivity index (χ3n) is 3.52. The van der Waals surface area contributed by atoms with Crippen molar-refractivity contribution >= 4 is 16.9 Å². The first-order valence-electron chi connectivity index (χ1n) is 6.06. The topological polar surface area (TPSA) is 42.2 Å². The maximum Gasteiger partial charge on any atom is 0.352 e. The van der Waals surface area contributed by atoms with Crippen LogP contribution in [0.2, 0.25) is 0 Å². The molecule has 1 aromatic heterocycles. The number of carboxylic acid groups (broad SMARTS) is 1.